The summed E-state index contributed by atoms with van der Waals surface area (Å²) in [7, 11) is 0. The zero-order valence-electron chi connectivity index (χ0n) is 18.8. The van der Waals surface area contributed by atoms with E-state index in [-0.39, 0.29) is 11.6 Å². The number of piperidine rings is 1. The van der Waals surface area contributed by atoms with Gasteiger partial charge in [0.2, 0.25) is 5.95 Å². The van der Waals surface area contributed by atoms with E-state index in [4.69, 9.17) is 0 Å². The molecule has 1 N–H and O–H groups in total. The summed E-state index contributed by atoms with van der Waals surface area (Å²) in [5.41, 5.74) is 0.861. The molecule has 3 aromatic heterocycles. The summed E-state index contributed by atoms with van der Waals surface area (Å²) >= 11 is 1.53. The summed E-state index contributed by atoms with van der Waals surface area (Å²) in [5, 5.41) is 9.22. The molecule has 2 fully saturated rings. The molecule has 2 bridgehead atoms. The molecule has 1 aliphatic heterocycles. The van der Waals surface area contributed by atoms with Gasteiger partial charge < -0.3 is 10.2 Å². The van der Waals surface area contributed by atoms with Crippen LogP contribution < -0.4 is 10.2 Å². The van der Waals surface area contributed by atoms with Crippen LogP contribution in [0.15, 0.2) is 42.6 Å². The topological polar surface area (TPSA) is 58.4 Å². The van der Waals surface area contributed by atoms with Crippen molar-refractivity contribution >= 4 is 28.1 Å². The third kappa shape index (κ3) is 4.11. The maximum atomic E-state index is 14.0. The van der Waals surface area contributed by atoms with E-state index >= 15 is 0 Å². The Bertz CT molecular complexity index is 1380. The van der Waals surface area contributed by atoms with E-state index in [1.165, 1.54) is 21.0 Å². The van der Waals surface area contributed by atoms with Crippen LogP contribution in [0, 0.1) is 24.6 Å². The van der Waals surface area contributed by atoms with Crippen molar-refractivity contribution in [2.24, 2.45) is 11.8 Å². The van der Waals surface area contributed by atoms with E-state index in [0.717, 1.165) is 43.8 Å². The molecule has 0 amide bonds. The van der Waals surface area contributed by atoms with Crippen LogP contribution in [-0.4, -0.2) is 38.1 Å². The molecule has 1 aromatic carbocycles. The van der Waals surface area contributed by atoms with Crippen molar-refractivity contribution in [3.8, 4) is 11.1 Å². The monoisotopic (exact) mass is 502 g/mol. The van der Waals surface area contributed by atoms with E-state index in [9.17, 15) is 17.6 Å². The van der Waals surface area contributed by atoms with Gasteiger partial charge in [0.05, 0.1) is 11.3 Å². The van der Waals surface area contributed by atoms with Gasteiger partial charge in [0.25, 0.3) is 0 Å². The van der Waals surface area contributed by atoms with Gasteiger partial charge in [-0.25, -0.2) is 8.91 Å². The summed E-state index contributed by atoms with van der Waals surface area (Å²) in [4.78, 5) is 7.00. The Balaban J connectivity index is 1.28. The highest BCUT2D eigenvalue weighted by Crippen LogP contribution is 2.41. The van der Waals surface area contributed by atoms with E-state index in [0.29, 0.717) is 35.1 Å². The largest absolute Gasteiger partial charge is 0.416 e. The molecule has 1 saturated heterocycles. The van der Waals surface area contributed by atoms with E-state index in [1.54, 1.807) is 18.3 Å². The summed E-state index contributed by atoms with van der Waals surface area (Å²) < 4.78 is 59.7. The van der Waals surface area contributed by atoms with E-state index in [2.05, 4.69) is 30.7 Å². The highest BCUT2D eigenvalue weighted by molar-refractivity contribution is 7.10. The average Bonchev–Trinajstić information content (AvgIpc) is 3.48. The van der Waals surface area contributed by atoms with E-state index in [1.807, 2.05) is 6.92 Å². The number of alkyl halides is 3. The zero-order chi connectivity index (χ0) is 24.3. The number of nitrogens with one attached hydrogen (secondary N) is 1. The standard InChI is InChI=1S/C24H22F4N6S/c1-13-7-20(35-32-13)33-11-14-4-5-15(12-33)21(14)29-23-30-22-19(3-2-6-34(22)31-23)16-8-17(24(26,27)28)10-18(25)9-16/h2-3,6-10,14-15,21H,4-5,11-12H2,1H3,(H,29,31). The van der Waals surface area contributed by atoms with Crippen molar-refractivity contribution in [3.63, 3.8) is 0 Å². The van der Waals surface area contributed by atoms with E-state index < -0.39 is 17.6 Å². The van der Waals surface area contributed by atoms with Gasteiger partial charge in [0, 0.05) is 30.9 Å². The molecule has 2 aliphatic rings. The first-order chi connectivity index (χ1) is 16.7. The molecular formula is C24H22F4N6S. The zero-order valence-corrected chi connectivity index (χ0v) is 19.6. The highest BCUT2D eigenvalue weighted by Gasteiger charge is 2.43. The third-order valence-electron chi connectivity index (χ3n) is 6.96. The molecule has 6 nitrogen and oxygen atoms in total. The quantitative estimate of drug-likeness (QED) is 0.366. The molecule has 0 spiro atoms. The lowest BCUT2D eigenvalue weighted by Gasteiger charge is -2.38. The van der Waals surface area contributed by atoms with Gasteiger partial charge in [0.15, 0.2) is 5.65 Å². The Labute approximate surface area is 202 Å². The van der Waals surface area contributed by atoms with Gasteiger partial charge in [-0.2, -0.15) is 22.5 Å². The van der Waals surface area contributed by atoms with Gasteiger partial charge in [-0.1, -0.05) is 0 Å². The molecule has 1 aliphatic carbocycles. The van der Waals surface area contributed by atoms with Crippen molar-refractivity contribution < 1.29 is 17.6 Å². The van der Waals surface area contributed by atoms with Crippen LogP contribution in [0.3, 0.4) is 0 Å². The number of pyridine rings is 1. The van der Waals surface area contributed by atoms with Crippen molar-refractivity contribution in [1.82, 2.24) is 19.0 Å². The fourth-order valence-corrected chi connectivity index (χ4v) is 6.17. The number of aryl methyl sites for hydroxylation is 1. The van der Waals surface area contributed by atoms with Gasteiger partial charge in [-0.05, 0) is 85.1 Å². The Morgan fingerprint density at radius 2 is 1.86 bits per heavy atom. The minimum atomic E-state index is -4.64. The second-order valence-electron chi connectivity index (χ2n) is 9.33. The molecular weight excluding hydrogens is 480 g/mol. The number of aromatic nitrogens is 4. The van der Waals surface area contributed by atoms with Gasteiger partial charge in [0.1, 0.15) is 10.8 Å². The Hall–Kier alpha value is -3.21. The first kappa shape index (κ1) is 22.3. The highest BCUT2D eigenvalue weighted by atomic mass is 32.1. The van der Waals surface area contributed by atoms with Crippen LogP contribution in [0.5, 0.6) is 0 Å². The smallest absolute Gasteiger partial charge is 0.361 e. The lowest BCUT2D eigenvalue weighted by molar-refractivity contribution is -0.137. The van der Waals surface area contributed by atoms with Crippen LogP contribution >= 0.6 is 11.5 Å². The first-order valence-electron chi connectivity index (χ1n) is 11.4. The van der Waals surface area contributed by atoms with Gasteiger partial charge in [-0.3, -0.25) is 0 Å². The van der Waals surface area contributed by atoms with Crippen molar-refractivity contribution in [2.45, 2.75) is 32.0 Å². The van der Waals surface area contributed by atoms with Crippen molar-refractivity contribution in [2.75, 3.05) is 23.3 Å². The van der Waals surface area contributed by atoms with Crippen molar-refractivity contribution in [1.29, 1.82) is 0 Å². The van der Waals surface area contributed by atoms with Crippen LogP contribution in [0.25, 0.3) is 16.8 Å². The maximum Gasteiger partial charge on any atom is 0.416 e. The summed E-state index contributed by atoms with van der Waals surface area (Å²) in [6.45, 7) is 3.86. The number of hydrogen-bond donors (Lipinski definition) is 1. The Kier molecular flexibility index (Phi) is 5.21. The normalized spacial score (nSPS) is 22.2. The molecule has 11 heteroatoms. The molecule has 0 radical (unpaired) electrons. The molecule has 2 unspecified atom stereocenters. The number of nitrogens with zero attached hydrogens (tertiary/aromatic N) is 5. The fourth-order valence-electron chi connectivity index (χ4n) is 5.39. The SMILES string of the molecule is Cc1cc(N2CC3CCC(C2)C3Nc2nc3c(-c4cc(F)cc(C(F)(F)F)c4)cccn3n2)sn1. The lowest BCUT2D eigenvalue weighted by Crippen LogP contribution is -2.48. The lowest BCUT2D eigenvalue weighted by atomic mass is 9.92. The Morgan fingerprint density at radius 3 is 2.54 bits per heavy atom. The predicted molar refractivity (Wildman–Crippen MR) is 126 cm³/mol. The summed E-state index contributed by atoms with van der Waals surface area (Å²) in [6, 6.07) is 8.16. The Morgan fingerprint density at radius 1 is 1.09 bits per heavy atom. The number of fused-ring (bicyclic) bond motifs is 3. The van der Waals surface area contributed by atoms with Crippen LogP contribution in [-0.2, 0) is 6.18 Å². The number of benzene rings is 1. The minimum Gasteiger partial charge on any atom is -0.361 e. The maximum absolute atomic E-state index is 14.0. The van der Waals surface area contributed by atoms with Gasteiger partial charge in [-0.15, -0.1) is 5.10 Å². The molecule has 4 heterocycles. The molecule has 2 atom stereocenters. The number of hydrogen-bond acceptors (Lipinski definition) is 6. The number of rotatable bonds is 4. The second kappa shape index (κ2) is 8.18. The molecule has 6 rings (SSSR count). The fraction of sp³-hybridized carbons (Fsp3) is 0.375. The van der Waals surface area contributed by atoms with Crippen LogP contribution in [0.2, 0.25) is 0 Å². The number of halogens is 4. The average molecular weight is 503 g/mol. The predicted octanol–water partition coefficient (Wildman–Crippen LogP) is 5.65. The molecule has 4 aromatic rings. The molecule has 35 heavy (non-hydrogen) atoms. The first-order valence-corrected chi connectivity index (χ1v) is 12.2. The van der Waals surface area contributed by atoms with Crippen LogP contribution in [0.4, 0.5) is 28.5 Å². The molecule has 1 saturated carbocycles. The molecule has 182 valence electrons. The summed E-state index contributed by atoms with van der Waals surface area (Å²) in [6.07, 6.45) is -0.740. The number of anilines is 2. The second-order valence-corrected chi connectivity index (χ2v) is 10.1. The third-order valence-corrected chi connectivity index (χ3v) is 7.90. The van der Waals surface area contributed by atoms with Gasteiger partial charge >= 0.3 is 6.18 Å². The summed E-state index contributed by atoms with van der Waals surface area (Å²) in [5.74, 6) is 0.336. The van der Waals surface area contributed by atoms with Crippen molar-refractivity contribution in [3.05, 3.63) is 59.7 Å². The van der Waals surface area contributed by atoms with Crippen LogP contribution in [0.1, 0.15) is 24.1 Å². The minimum absolute atomic E-state index is 0.107.